The van der Waals surface area contributed by atoms with Gasteiger partial charge in [0.15, 0.2) is 11.5 Å². The van der Waals surface area contributed by atoms with E-state index in [9.17, 15) is 14.9 Å². The van der Waals surface area contributed by atoms with Crippen LogP contribution >= 0.6 is 34.8 Å². The fourth-order valence-corrected chi connectivity index (χ4v) is 7.07. The smallest absolute Gasteiger partial charge is 0.261 e. The quantitative estimate of drug-likeness (QED) is 0.104. The summed E-state index contributed by atoms with van der Waals surface area (Å²) in [5, 5.41) is 15.0. The number of rotatable bonds is 14. The van der Waals surface area contributed by atoms with Gasteiger partial charge in [0, 0.05) is 68.0 Å². The van der Waals surface area contributed by atoms with E-state index in [1.807, 2.05) is 6.07 Å². The molecule has 1 saturated heterocycles. The summed E-state index contributed by atoms with van der Waals surface area (Å²) < 4.78 is 17.2. The van der Waals surface area contributed by atoms with Gasteiger partial charge in [-0.25, -0.2) is 0 Å². The van der Waals surface area contributed by atoms with Gasteiger partial charge in [0.1, 0.15) is 11.8 Å². The normalized spacial score (nSPS) is 14.9. The molecular weight excluding hydrogens is 715 g/mol. The second-order valence-electron chi connectivity index (χ2n) is 12.3. The standard InChI is InChI=1S/C37H37Cl3N6O5/c1-49-32-20-31(28(39)18-29(32)40)43-35-23(21-41)22-42-30-19-34(33(50-2)17-27(30)35)51-15-5-9-45-13-11-44(12-14-45)8-3-4-10-46-36(47)25-7-6-24(38)16-26(25)37(46)48/h6-7,16-20,22H,3-5,8-15H2,1-2H3,(H,42,43). The van der Waals surface area contributed by atoms with Crippen LogP contribution in [0.2, 0.25) is 15.1 Å². The van der Waals surface area contributed by atoms with Crippen LogP contribution in [-0.2, 0) is 0 Å². The van der Waals surface area contributed by atoms with Crippen molar-refractivity contribution in [2.75, 3.05) is 72.0 Å². The number of nitriles is 1. The highest BCUT2D eigenvalue weighted by atomic mass is 35.5. The summed E-state index contributed by atoms with van der Waals surface area (Å²) in [4.78, 5) is 36.0. The van der Waals surface area contributed by atoms with Gasteiger partial charge in [-0.05, 0) is 56.1 Å². The summed E-state index contributed by atoms with van der Waals surface area (Å²) in [6.07, 6.45) is 4.00. The molecule has 266 valence electrons. The number of amides is 2. The maximum Gasteiger partial charge on any atom is 0.261 e. The summed E-state index contributed by atoms with van der Waals surface area (Å²) in [6, 6.07) is 13.9. The highest BCUT2D eigenvalue weighted by Gasteiger charge is 2.35. The molecule has 0 saturated carbocycles. The number of imide groups is 1. The average Bonchev–Trinajstić information content (AvgIpc) is 3.37. The monoisotopic (exact) mass is 750 g/mol. The molecule has 2 aliphatic heterocycles. The molecule has 6 rings (SSSR count). The number of halogens is 3. The molecule has 0 bridgehead atoms. The van der Waals surface area contributed by atoms with Crippen LogP contribution in [0.25, 0.3) is 10.9 Å². The Hall–Kier alpha value is -4.31. The van der Waals surface area contributed by atoms with Gasteiger partial charge < -0.3 is 29.3 Å². The molecule has 51 heavy (non-hydrogen) atoms. The van der Waals surface area contributed by atoms with Crippen molar-refractivity contribution in [3.05, 3.63) is 80.4 Å². The first-order valence-corrected chi connectivity index (χ1v) is 17.8. The highest BCUT2D eigenvalue weighted by molar-refractivity contribution is 6.37. The first-order chi connectivity index (χ1) is 24.7. The molecule has 0 unspecified atom stereocenters. The van der Waals surface area contributed by atoms with Crippen LogP contribution in [0.4, 0.5) is 11.4 Å². The van der Waals surface area contributed by atoms with Crippen LogP contribution in [0.3, 0.4) is 0 Å². The summed E-state index contributed by atoms with van der Waals surface area (Å²) >= 11 is 18.7. The van der Waals surface area contributed by atoms with Crippen molar-refractivity contribution in [2.45, 2.75) is 19.3 Å². The minimum atomic E-state index is -0.260. The lowest BCUT2D eigenvalue weighted by Gasteiger charge is -2.34. The maximum absolute atomic E-state index is 12.7. The van der Waals surface area contributed by atoms with E-state index in [4.69, 9.17) is 49.0 Å². The number of fused-ring (bicyclic) bond motifs is 2. The van der Waals surface area contributed by atoms with Crippen molar-refractivity contribution in [1.29, 1.82) is 5.26 Å². The van der Waals surface area contributed by atoms with Gasteiger partial charge in [0.2, 0.25) is 0 Å². The number of hydrogen-bond donors (Lipinski definition) is 1. The number of carbonyl (C=O) groups excluding carboxylic acids is 2. The minimum absolute atomic E-state index is 0.238. The Morgan fingerprint density at radius 2 is 1.49 bits per heavy atom. The summed E-state index contributed by atoms with van der Waals surface area (Å²) in [7, 11) is 3.09. The van der Waals surface area contributed by atoms with Crippen molar-refractivity contribution >= 4 is 68.9 Å². The zero-order valence-electron chi connectivity index (χ0n) is 28.3. The Labute approximate surface area is 311 Å². The molecule has 2 aliphatic rings. The molecule has 0 radical (unpaired) electrons. The molecule has 1 fully saturated rings. The molecule has 11 nitrogen and oxygen atoms in total. The summed E-state index contributed by atoms with van der Waals surface area (Å²) in [5.41, 5.74) is 2.81. The first-order valence-electron chi connectivity index (χ1n) is 16.6. The van der Waals surface area contributed by atoms with Crippen LogP contribution in [-0.4, -0.2) is 98.1 Å². The van der Waals surface area contributed by atoms with E-state index in [1.54, 1.807) is 43.5 Å². The second kappa shape index (κ2) is 16.4. The Bertz CT molecular complexity index is 2000. The third-order valence-corrected chi connectivity index (χ3v) is 10.00. The molecule has 0 spiro atoms. The van der Waals surface area contributed by atoms with Crippen LogP contribution in [0, 0.1) is 11.3 Å². The van der Waals surface area contributed by atoms with Gasteiger partial charge in [-0.3, -0.25) is 19.5 Å². The average molecular weight is 752 g/mol. The largest absolute Gasteiger partial charge is 0.495 e. The predicted molar refractivity (Wildman–Crippen MR) is 198 cm³/mol. The first kappa shape index (κ1) is 36.5. The van der Waals surface area contributed by atoms with Gasteiger partial charge in [0.25, 0.3) is 11.8 Å². The second-order valence-corrected chi connectivity index (χ2v) is 13.6. The molecule has 2 amide bonds. The van der Waals surface area contributed by atoms with Gasteiger partial charge in [-0.15, -0.1) is 0 Å². The minimum Gasteiger partial charge on any atom is -0.495 e. The topological polar surface area (TPSA) is 120 Å². The van der Waals surface area contributed by atoms with Crippen LogP contribution in [0.5, 0.6) is 17.2 Å². The number of anilines is 2. The fraction of sp³-hybridized carbons (Fsp3) is 0.351. The third-order valence-electron chi connectivity index (χ3n) is 9.15. The zero-order chi connectivity index (χ0) is 36.1. The Morgan fingerprint density at radius 1 is 0.804 bits per heavy atom. The molecule has 4 aromatic rings. The molecular formula is C37H37Cl3N6O5. The fourth-order valence-electron chi connectivity index (χ4n) is 6.39. The maximum atomic E-state index is 12.7. The third kappa shape index (κ3) is 8.11. The summed E-state index contributed by atoms with van der Waals surface area (Å²) in [5.74, 6) is 1.03. The number of nitrogens with zero attached hydrogens (tertiary/aromatic N) is 5. The zero-order valence-corrected chi connectivity index (χ0v) is 30.6. The molecule has 1 N–H and O–H groups in total. The molecule has 1 aromatic heterocycles. The number of pyridine rings is 1. The SMILES string of the molecule is COc1cc(Nc2c(C#N)cnc3cc(OCCCN4CCN(CCCCN5C(=O)c6ccc(Cl)cc6C5=O)CC4)c(OC)cc23)c(Cl)cc1Cl. The Balaban J connectivity index is 0.968. The van der Waals surface area contributed by atoms with E-state index in [0.29, 0.717) is 84.4 Å². The van der Waals surface area contributed by atoms with Gasteiger partial charge >= 0.3 is 0 Å². The number of aromatic nitrogens is 1. The molecule has 3 aromatic carbocycles. The molecule has 14 heteroatoms. The Kier molecular flexibility index (Phi) is 11.7. The molecule has 0 atom stereocenters. The van der Waals surface area contributed by atoms with Crippen molar-refractivity contribution in [3.8, 4) is 23.3 Å². The van der Waals surface area contributed by atoms with E-state index in [2.05, 4.69) is 26.2 Å². The van der Waals surface area contributed by atoms with Crippen LogP contribution in [0.15, 0.2) is 48.7 Å². The Morgan fingerprint density at radius 3 is 2.20 bits per heavy atom. The number of piperazine rings is 1. The lowest BCUT2D eigenvalue weighted by molar-refractivity contribution is 0.0648. The van der Waals surface area contributed by atoms with Crippen LogP contribution in [0.1, 0.15) is 45.5 Å². The number of carbonyl (C=O) groups is 2. The molecule has 0 aliphatic carbocycles. The van der Waals surface area contributed by atoms with E-state index in [-0.39, 0.29) is 11.8 Å². The van der Waals surface area contributed by atoms with Gasteiger partial charge in [-0.1, -0.05) is 34.8 Å². The number of hydrogen-bond acceptors (Lipinski definition) is 10. The van der Waals surface area contributed by atoms with E-state index >= 15 is 0 Å². The van der Waals surface area contributed by atoms with Crippen molar-refractivity contribution in [1.82, 2.24) is 19.7 Å². The highest BCUT2D eigenvalue weighted by Crippen LogP contribution is 2.40. The van der Waals surface area contributed by atoms with E-state index in [1.165, 1.54) is 18.2 Å². The summed E-state index contributed by atoms with van der Waals surface area (Å²) in [6.45, 7) is 6.58. The lowest BCUT2D eigenvalue weighted by Crippen LogP contribution is -2.47. The number of unbranched alkanes of at least 4 members (excludes halogenated alkanes) is 1. The van der Waals surface area contributed by atoms with E-state index < -0.39 is 0 Å². The van der Waals surface area contributed by atoms with E-state index in [0.717, 1.165) is 58.5 Å². The van der Waals surface area contributed by atoms with Crippen molar-refractivity contribution in [2.24, 2.45) is 0 Å². The van der Waals surface area contributed by atoms with Crippen molar-refractivity contribution < 1.29 is 23.8 Å². The van der Waals surface area contributed by atoms with Crippen molar-refractivity contribution in [3.63, 3.8) is 0 Å². The van der Waals surface area contributed by atoms with Crippen LogP contribution < -0.4 is 19.5 Å². The van der Waals surface area contributed by atoms with Gasteiger partial charge in [-0.2, -0.15) is 5.26 Å². The van der Waals surface area contributed by atoms with Gasteiger partial charge in [0.05, 0.1) is 64.5 Å². The number of benzene rings is 3. The predicted octanol–water partition coefficient (Wildman–Crippen LogP) is 7.29. The lowest BCUT2D eigenvalue weighted by atomic mass is 10.1. The number of nitrogens with one attached hydrogen (secondary N) is 1. The molecule has 3 heterocycles. The number of methoxy groups -OCH3 is 2. The number of ether oxygens (including phenoxy) is 3.